The molecule has 0 bridgehead atoms. The number of hydrogen-bond acceptors (Lipinski definition) is 4. The van der Waals surface area contributed by atoms with Crippen molar-refractivity contribution in [3.8, 4) is 11.5 Å². The molecule has 2 N–H and O–H groups in total. The summed E-state index contributed by atoms with van der Waals surface area (Å²) in [6.07, 6.45) is 2.55. The van der Waals surface area contributed by atoms with Gasteiger partial charge < -0.3 is 15.2 Å². The van der Waals surface area contributed by atoms with E-state index in [9.17, 15) is 5.11 Å². The molecule has 1 aliphatic heterocycles. The second-order valence-electron chi connectivity index (χ2n) is 6.05. The molecule has 4 nitrogen and oxygen atoms in total. The third-order valence-corrected chi connectivity index (χ3v) is 4.06. The second-order valence-corrected chi connectivity index (χ2v) is 6.05. The lowest BCUT2D eigenvalue weighted by molar-refractivity contribution is 0.193. The summed E-state index contributed by atoms with van der Waals surface area (Å²) in [5.74, 6) is 0.798. The fraction of sp³-hybridized carbons (Fsp3) is 0.647. The minimum atomic E-state index is 0.217. The Bertz CT molecular complexity index is 442. The van der Waals surface area contributed by atoms with Crippen LogP contribution >= 0.6 is 0 Å². The maximum Gasteiger partial charge on any atom is 0.161 e. The zero-order chi connectivity index (χ0) is 15.2. The van der Waals surface area contributed by atoms with Gasteiger partial charge in [-0.05, 0) is 57.9 Å². The normalized spacial score (nSPS) is 18.6. The maximum absolute atomic E-state index is 9.79. The van der Waals surface area contributed by atoms with Crippen molar-refractivity contribution in [3.05, 3.63) is 23.8 Å². The summed E-state index contributed by atoms with van der Waals surface area (Å²) in [7, 11) is 0. The van der Waals surface area contributed by atoms with E-state index in [-0.39, 0.29) is 5.75 Å². The highest BCUT2D eigenvalue weighted by molar-refractivity contribution is 5.41. The average molecular weight is 292 g/mol. The minimum absolute atomic E-state index is 0.217. The SMILES string of the molecule is CCOc1cc(CN(CC2CCCN2)C(C)C)ccc1O. The molecule has 1 heterocycles. The molecule has 1 unspecified atom stereocenters. The van der Waals surface area contributed by atoms with Crippen LogP contribution in [0.1, 0.15) is 39.2 Å². The molecule has 1 aromatic rings. The van der Waals surface area contributed by atoms with E-state index in [0.717, 1.165) is 19.6 Å². The molecule has 0 spiro atoms. The van der Waals surface area contributed by atoms with Gasteiger partial charge in [0, 0.05) is 25.2 Å². The monoisotopic (exact) mass is 292 g/mol. The van der Waals surface area contributed by atoms with Gasteiger partial charge in [-0.2, -0.15) is 0 Å². The Morgan fingerprint density at radius 2 is 2.24 bits per heavy atom. The van der Waals surface area contributed by atoms with Gasteiger partial charge in [-0.25, -0.2) is 0 Å². The predicted octanol–water partition coefficient (Wildman–Crippen LogP) is 2.75. The molecule has 1 saturated heterocycles. The van der Waals surface area contributed by atoms with Crippen molar-refractivity contribution in [1.82, 2.24) is 10.2 Å². The van der Waals surface area contributed by atoms with E-state index in [1.54, 1.807) is 6.07 Å². The zero-order valence-corrected chi connectivity index (χ0v) is 13.4. The molecule has 0 amide bonds. The van der Waals surface area contributed by atoms with Gasteiger partial charge in [0.1, 0.15) is 0 Å². The second kappa shape index (κ2) is 7.66. The lowest BCUT2D eigenvalue weighted by Gasteiger charge is -2.29. The van der Waals surface area contributed by atoms with Gasteiger partial charge in [-0.3, -0.25) is 4.90 Å². The highest BCUT2D eigenvalue weighted by Gasteiger charge is 2.20. The Balaban J connectivity index is 2.03. The van der Waals surface area contributed by atoms with Crippen molar-refractivity contribution < 1.29 is 9.84 Å². The summed E-state index contributed by atoms with van der Waals surface area (Å²) in [4.78, 5) is 2.48. The molecule has 2 rings (SSSR count). The lowest BCUT2D eigenvalue weighted by atomic mass is 10.1. The molecule has 1 aromatic carbocycles. The predicted molar refractivity (Wildman–Crippen MR) is 85.8 cm³/mol. The molecule has 1 fully saturated rings. The van der Waals surface area contributed by atoms with Crippen LogP contribution in [0, 0.1) is 0 Å². The van der Waals surface area contributed by atoms with Gasteiger partial charge in [-0.1, -0.05) is 6.07 Å². The summed E-state index contributed by atoms with van der Waals surface area (Å²) in [5.41, 5.74) is 1.18. The summed E-state index contributed by atoms with van der Waals surface area (Å²) >= 11 is 0. The van der Waals surface area contributed by atoms with E-state index in [1.165, 1.54) is 18.4 Å². The smallest absolute Gasteiger partial charge is 0.161 e. The maximum atomic E-state index is 9.79. The van der Waals surface area contributed by atoms with Crippen molar-refractivity contribution in [1.29, 1.82) is 0 Å². The first-order chi connectivity index (χ1) is 10.1. The highest BCUT2D eigenvalue weighted by atomic mass is 16.5. The number of nitrogens with zero attached hydrogens (tertiary/aromatic N) is 1. The number of ether oxygens (including phenoxy) is 1. The Morgan fingerprint density at radius 1 is 1.43 bits per heavy atom. The quantitative estimate of drug-likeness (QED) is 0.811. The van der Waals surface area contributed by atoms with Gasteiger partial charge in [0.25, 0.3) is 0 Å². The van der Waals surface area contributed by atoms with Crippen LogP contribution in [0.4, 0.5) is 0 Å². The van der Waals surface area contributed by atoms with Crippen LogP contribution in [0.5, 0.6) is 11.5 Å². The van der Waals surface area contributed by atoms with Gasteiger partial charge in [-0.15, -0.1) is 0 Å². The molecular formula is C17H28N2O2. The number of phenols is 1. The summed E-state index contributed by atoms with van der Waals surface area (Å²) in [6, 6.07) is 6.77. The van der Waals surface area contributed by atoms with E-state index in [4.69, 9.17) is 4.74 Å². The van der Waals surface area contributed by atoms with E-state index >= 15 is 0 Å². The molecule has 4 heteroatoms. The molecule has 0 aromatic heterocycles. The van der Waals surface area contributed by atoms with Crippen LogP contribution in [0.2, 0.25) is 0 Å². The zero-order valence-electron chi connectivity index (χ0n) is 13.4. The Morgan fingerprint density at radius 3 is 2.86 bits per heavy atom. The first kappa shape index (κ1) is 16.1. The van der Waals surface area contributed by atoms with Crippen LogP contribution in [-0.2, 0) is 6.54 Å². The fourth-order valence-electron chi connectivity index (χ4n) is 2.82. The van der Waals surface area contributed by atoms with Gasteiger partial charge >= 0.3 is 0 Å². The summed E-state index contributed by atoms with van der Waals surface area (Å²) in [6.45, 7) is 10.1. The van der Waals surface area contributed by atoms with Gasteiger partial charge in [0.05, 0.1) is 6.61 Å². The minimum Gasteiger partial charge on any atom is -0.504 e. The molecule has 1 aliphatic rings. The van der Waals surface area contributed by atoms with Gasteiger partial charge in [0.15, 0.2) is 11.5 Å². The number of phenolic OH excluding ortho intramolecular Hbond substituents is 1. The lowest BCUT2D eigenvalue weighted by Crippen LogP contribution is -2.40. The molecule has 21 heavy (non-hydrogen) atoms. The van der Waals surface area contributed by atoms with E-state index < -0.39 is 0 Å². The fourth-order valence-corrected chi connectivity index (χ4v) is 2.82. The van der Waals surface area contributed by atoms with Crippen molar-refractivity contribution >= 4 is 0 Å². The van der Waals surface area contributed by atoms with Crippen LogP contribution in [0.15, 0.2) is 18.2 Å². The number of aromatic hydroxyl groups is 1. The Kier molecular flexibility index (Phi) is 5.88. The molecular weight excluding hydrogens is 264 g/mol. The van der Waals surface area contributed by atoms with E-state index in [0.29, 0.717) is 24.4 Å². The van der Waals surface area contributed by atoms with Gasteiger partial charge in [0.2, 0.25) is 0 Å². The third kappa shape index (κ3) is 4.61. The molecule has 1 atom stereocenters. The number of benzene rings is 1. The summed E-state index contributed by atoms with van der Waals surface area (Å²) in [5, 5.41) is 13.4. The number of nitrogens with one attached hydrogen (secondary N) is 1. The molecule has 0 radical (unpaired) electrons. The highest BCUT2D eigenvalue weighted by Crippen LogP contribution is 2.27. The van der Waals surface area contributed by atoms with Crippen LogP contribution in [0.3, 0.4) is 0 Å². The average Bonchev–Trinajstić information content (AvgIpc) is 2.95. The van der Waals surface area contributed by atoms with E-state index in [1.807, 2.05) is 19.1 Å². The number of rotatable bonds is 7. The van der Waals surface area contributed by atoms with Crippen LogP contribution in [-0.4, -0.2) is 41.8 Å². The first-order valence-corrected chi connectivity index (χ1v) is 8.02. The standard InChI is InChI=1S/C17H28N2O2/c1-4-21-17-10-14(7-8-16(17)20)11-19(13(2)3)12-15-6-5-9-18-15/h7-8,10,13,15,18,20H,4-6,9,11-12H2,1-3H3. The molecule has 118 valence electrons. The van der Waals surface area contributed by atoms with Crippen molar-refractivity contribution in [2.45, 2.75) is 52.2 Å². The topological polar surface area (TPSA) is 44.7 Å². The third-order valence-electron chi connectivity index (χ3n) is 4.06. The molecule has 0 saturated carbocycles. The largest absolute Gasteiger partial charge is 0.504 e. The Hall–Kier alpha value is -1.26. The van der Waals surface area contributed by atoms with Crippen LogP contribution < -0.4 is 10.1 Å². The first-order valence-electron chi connectivity index (χ1n) is 8.02. The van der Waals surface area contributed by atoms with Crippen molar-refractivity contribution in [2.75, 3.05) is 19.7 Å². The van der Waals surface area contributed by atoms with Crippen LogP contribution in [0.25, 0.3) is 0 Å². The van der Waals surface area contributed by atoms with Crippen molar-refractivity contribution in [2.24, 2.45) is 0 Å². The summed E-state index contributed by atoms with van der Waals surface area (Å²) < 4.78 is 5.47. The Labute approximate surface area is 128 Å². The van der Waals surface area contributed by atoms with E-state index in [2.05, 4.69) is 24.1 Å². The number of hydrogen-bond donors (Lipinski definition) is 2. The molecule has 0 aliphatic carbocycles. The van der Waals surface area contributed by atoms with Crippen molar-refractivity contribution in [3.63, 3.8) is 0 Å².